The summed E-state index contributed by atoms with van der Waals surface area (Å²) in [5, 5.41) is 21.8. The molecule has 3 heteroatoms. The fourth-order valence-corrected chi connectivity index (χ4v) is 9.70. The molecule has 0 amide bonds. The molecule has 0 aliphatic rings. The van der Waals surface area contributed by atoms with Crippen LogP contribution in [0, 0.1) is 0 Å². The Balaban J connectivity index is 2.39. The van der Waals surface area contributed by atoms with Crippen molar-refractivity contribution in [3.05, 3.63) is 60.7 Å². The van der Waals surface area contributed by atoms with Crippen molar-refractivity contribution in [2.24, 2.45) is 0 Å². The van der Waals surface area contributed by atoms with Crippen molar-refractivity contribution in [1.82, 2.24) is 0 Å². The van der Waals surface area contributed by atoms with Crippen LogP contribution >= 0.6 is 0 Å². The zero-order valence-corrected chi connectivity index (χ0v) is 16.8. The van der Waals surface area contributed by atoms with Gasteiger partial charge in [-0.15, -0.1) is 0 Å². The Hall–Kier alpha value is -1.42. The van der Waals surface area contributed by atoms with Gasteiger partial charge in [0, 0.05) is 0 Å². The Kier molecular flexibility index (Phi) is 7.00. The molecule has 2 aromatic carbocycles. The van der Waals surface area contributed by atoms with E-state index in [-0.39, 0.29) is 11.6 Å². The van der Waals surface area contributed by atoms with Crippen LogP contribution in [0.2, 0.25) is 11.1 Å². The highest BCUT2D eigenvalue weighted by atomic mass is 28.3. The van der Waals surface area contributed by atoms with Gasteiger partial charge in [-0.25, -0.2) is 0 Å². The van der Waals surface area contributed by atoms with Crippen LogP contribution in [0.4, 0.5) is 0 Å². The van der Waals surface area contributed by atoms with Crippen LogP contribution in [0.25, 0.3) is 0 Å². The molecule has 0 aromatic heterocycles. The lowest BCUT2D eigenvalue weighted by Gasteiger charge is -2.44. The monoisotopic (exact) mass is 356 g/mol. The maximum atomic E-state index is 9.64. The Morgan fingerprint density at radius 2 is 1.32 bits per heavy atom. The fourth-order valence-electron chi connectivity index (χ4n) is 4.00. The van der Waals surface area contributed by atoms with Crippen molar-refractivity contribution >= 4 is 18.4 Å². The van der Waals surface area contributed by atoms with Crippen LogP contribution in [-0.4, -0.2) is 31.0 Å². The van der Waals surface area contributed by atoms with Crippen molar-refractivity contribution in [2.75, 3.05) is 6.61 Å². The summed E-state index contributed by atoms with van der Waals surface area (Å²) in [5.41, 5.74) is 0. The molecule has 1 atom stereocenters. The van der Waals surface area contributed by atoms with Gasteiger partial charge in [0.1, 0.15) is 8.07 Å². The van der Waals surface area contributed by atoms with Gasteiger partial charge in [-0.1, -0.05) is 105 Å². The van der Waals surface area contributed by atoms with Crippen LogP contribution in [0.3, 0.4) is 0 Å². The first-order valence-corrected chi connectivity index (χ1v) is 11.5. The minimum absolute atomic E-state index is 0.140. The summed E-state index contributed by atoms with van der Waals surface area (Å²) in [4.78, 5) is 0. The number of benzene rings is 2. The highest BCUT2D eigenvalue weighted by Crippen LogP contribution is 2.39. The zero-order chi connectivity index (χ0) is 18.3. The summed E-state index contributed by atoms with van der Waals surface area (Å²) >= 11 is 0. The number of unbranched alkanes of at least 4 members (excludes halogenated alkanes) is 1. The van der Waals surface area contributed by atoms with Gasteiger partial charge >= 0.3 is 0 Å². The maximum absolute atomic E-state index is 9.64. The van der Waals surface area contributed by atoms with E-state index < -0.39 is 14.2 Å². The van der Waals surface area contributed by atoms with Gasteiger partial charge in [-0.3, -0.25) is 0 Å². The summed E-state index contributed by atoms with van der Waals surface area (Å²) < 4.78 is 0. The highest BCUT2D eigenvalue weighted by Gasteiger charge is 2.46. The first-order valence-electron chi connectivity index (χ1n) is 9.32. The molecule has 0 saturated carbocycles. The molecule has 0 heterocycles. The van der Waals surface area contributed by atoms with E-state index in [1.807, 2.05) is 0 Å². The van der Waals surface area contributed by atoms with Gasteiger partial charge in [-0.2, -0.15) is 0 Å². The average molecular weight is 357 g/mol. The smallest absolute Gasteiger partial charge is 0.123 e. The molecule has 2 aromatic rings. The molecule has 0 radical (unpaired) electrons. The average Bonchev–Trinajstić information content (AvgIpc) is 2.62. The lowest BCUT2D eigenvalue weighted by molar-refractivity contribution is 0.0864. The van der Waals surface area contributed by atoms with E-state index in [0.29, 0.717) is 6.42 Å². The molecule has 0 spiro atoms. The summed E-state index contributed by atoms with van der Waals surface area (Å²) in [6.45, 7) is 6.99. The second kappa shape index (κ2) is 8.79. The van der Waals surface area contributed by atoms with Crippen LogP contribution < -0.4 is 10.4 Å². The number of aliphatic hydroxyl groups is 2. The minimum atomic E-state index is -1.98. The van der Waals surface area contributed by atoms with Crippen LogP contribution in [0.5, 0.6) is 0 Å². The number of aliphatic hydroxyl groups excluding tert-OH is 2. The molecular formula is C22H32O2Si. The van der Waals surface area contributed by atoms with Crippen LogP contribution in [-0.2, 0) is 0 Å². The standard InChI is InChI=1S/C22H32O2Si/c1-22(2,3)25(20-13-6-4-7-14-20,21-15-8-5-9-16-21)17-11-10-12-19(24)18-23/h4-9,13-16,19,23-24H,10-12,17-18H2,1-3H3/t19-/m0/s1. The molecule has 136 valence electrons. The van der Waals surface area contributed by atoms with Crippen molar-refractivity contribution in [1.29, 1.82) is 0 Å². The van der Waals surface area contributed by atoms with E-state index >= 15 is 0 Å². The van der Waals surface area contributed by atoms with Gasteiger partial charge in [0.05, 0.1) is 12.7 Å². The largest absolute Gasteiger partial charge is 0.394 e. The number of hydrogen-bond acceptors (Lipinski definition) is 2. The quantitative estimate of drug-likeness (QED) is 0.561. The van der Waals surface area contributed by atoms with Gasteiger partial charge in [0.15, 0.2) is 0 Å². The number of rotatable bonds is 8. The third kappa shape index (κ3) is 4.60. The zero-order valence-electron chi connectivity index (χ0n) is 15.8. The third-order valence-electron chi connectivity index (χ3n) is 5.36. The molecule has 0 saturated heterocycles. The van der Waals surface area contributed by atoms with Crippen molar-refractivity contribution < 1.29 is 10.2 Å². The van der Waals surface area contributed by atoms with Crippen LogP contribution in [0.1, 0.15) is 40.0 Å². The highest BCUT2D eigenvalue weighted by molar-refractivity contribution is 7.04. The van der Waals surface area contributed by atoms with Gasteiger partial charge < -0.3 is 10.2 Å². The molecule has 25 heavy (non-hydrogen) atoms. The molecular weight excluding hydrogens is 324 g/mol. The lowest BCUT2D eigenvalue weighted by Crippen LogP contribution is -2.64. The Morgan fingerprint density at radius 1 is 0.840 bits per heavy atom. The summed E-state index contributed by atoms with van der Waals surface area (Å²) in [6.07, 6.45) is 2.12. The normalized spacial score (nSPS) is 13.6. The molecule has 0 unspecified atom stereocenters. The Labute approximate surface area is 153 Å². The predicted octanol–water partition coefficient (Wildman–Crippen LogP) is 3.57. The van der Waals surface area contributed by atoms with E-state index in [1.165, 1.54) is 10.4 Å². The summed E-state index contributed by atoms with van der Waals surface area (Å²) in [7, 11) is -1.98. The second-order valence-electron chi connectivity index (χ2n) is 7.97. The lowest BCUT2D eigenvalue weighted by atomic mass is 10.2. The van der Waals surface area contributed by atoms with Gasteiger partial charge in [0.25, 0.3) is 0 Å². The van der Waals surface area contributed by atoms with Crippen LogP contribution in [0.15, 0.2) is 60.7 Å². The van der Waals surface area contributed by atoms with E-state index in [1.54, 1.807) is 0 Å². The molecule has 0 aliphatic carbocycles. The minimum Gasteiger partial charge on any atom is -0.394 e. The molecule has 0 fully saturated rings. The van der Waals surface area contributed by atoms with Gasteiger partial charge in [-0.05, 0) is 17.5 Å². The molecule has 2 nitrogen and oxygen atoms in total. The number of hydrogen-bond donors (Lipinski definition) is 2. The molecule has 0 bridgehead atoms. The summed E-state index contributed by atoms with van der Waals surface area (Å²) in [6, 6.07) is 23.1. The van der Waals surface area contributed by atoms with Crippen molar-refractivity contribution in [2.45, 2.75) is 57.2 Å². The van der Waals surface area contributed by atoms with Gasteiger partial charge in [0.2, 0.25) is 0 Å². The summed E-state index contributed by atoms with van der Waals surface area (Å²) in [5.74, 6) is 0. The van der Waals surface area contributed by atoms with Crippen molar-refractivity contribution in [3.63, 3.8) is 0 Å². The fraction of sp³-hybridized carbons (Fsp3) is 0.455. The molecule has 0 aliphatic heterocycles. The topological polar surface area (TPSA) is 40.5 Å². The third-order valence-corrected chi connectivity index (χ3v) is 11.7. The SMILES string of the molecule is CC(C)(C)[Si](CCCC[C@H](O)CO)(c1ccccc1)c1ccccc1. The molecule has 2 rings (SSSR count). The van der Waals surface area contributed by atoms with Crippen molar-refractivity contribution in [3.8, 4) is 0 Å². The van der Waals surface area contributed by atoms with E-state index in [4.69, 9.17) is 5.11 Å². The Morgan fingerprint density at radius 3 is 1.72 bits per heavy atom. The molecule has 2 N–H and O–H groups in total. The van der Waals surface area contributed by atoms with E-state index in [2.05, 4.69) is 81.4 Å². The predicted molar refractivity (Wildman–Crippen MR) is 109 cm³/mol. The maximum Gasteiger partial charge on any atom is 0.123 e. The first-order chi connectivity index (χ1) is 11.9. The first kappa shape index (κ1) is 19.9. The Bertz CT molecular complexity index is 580. The van der Waals surface area contributed by atoms with E-state index in [0.717, 1.165) is 18.9 Å². The second-order valence-corrected chi connectivity index (χ2v) is 12.9. The van der Waals surface area contributed by atoms with E-state index in [9.17, 15) is 5.11 Å².